The van der Waals surface area contributed by atoms with E-state index >= 15 is 0 Å². The minimum absolute atomic E-state index is 0.0849. The molecule has 0 saturated carbocycles. The number of nitro groups is 2. The minimum atomic E-state index is -4.35. The van der Waals surface area contributed by atoms with E-state index in [0.717, 1.165) is 12.1 Å². The zero-order chi connectivity index (χ0) is 17.9. The summed E-state index contributed by atoms with van der Waals surface area (Å²) in [5.41, 5.74) is -1.12. The SMILES string of the molecule is N#Cc1ccc(NS(=O)(=O)c2ccc([N+](=O)[O-])cc2[N+](=O)[O-])cc1. The fraction of sp³-hybridized carbons (Fsp3) is 0. The molecule has 10 nitrogen and oxygen atoms in total. The van der Waals surface area contributed by atoms with E-state index < -0.39 is 36.1 Å². The molecule has 0 amide bonds. The van der Waals surface area contributed by atoms with Crippen molar-refractivity contribution >= 4 is 27.1 Å². The summed E-state index contributed by atoms with van der Waals surface area (Å²) in [6.45, 7) is 0. The van der Waals surface area contributed by atoms with Gasteiger partial charge in [-0.05, 0) is 30.3 Å². The number of hydrogen-bond donors (Lipinski definition) is 1. The topological polar surface area (TPSA) is 156 Å². The molecule has 24 heavy (non-hydrogen) atoms. The largest absolute Gasteiger partial charge is 0.296 e. The summed E-state index contributed by atoms with van der Waals surface area (Å²) in [4.78, 5) is 19.1. The van der Waals surface area contributed by atoms with Crippen molar-refractivity contribution < 1.29 is 18.3 Å². The summed E-state index contributed by atoms with van der Waals surface area (Å²) in [6.07, 6.45) is 0. The number of non-ortho nitro benzene ring substituents is 1. The van der Waals surface area contributed by atoms with Gasteiger partial charge in [0, 0.05) is 11.8 Å². The summed E-state index contributed by atoms with van der Waals surface area (Å²) in [5.74, 6) is 0. The smallest absolute Gasteiger partial charge is 0.279 e. The summed E-state index contributed by atoms with van der Waals surface area (Å²) in [6, 6.07) is 9.44. The first-order chi connectivity index (χ1) is 11.2. The van der Waals surface area contributed by atoms with Crippen LogP contribution in [0.3, 0.4) is 0 Å². The highest BCUT2D eigenvalue weighted by atomic mass is 32.2. The molecule has 0 aliphatic carbocycles. The highest BCUT2D eigenvalue weighted by Gasteiger charge is 2.28. The lowest BCUT2D eigenvalue weighted by molar-refractivity contribution is -0.396. The third kappa shape index (κ3) is 3.45. The summed E-state index contributed by atoms with van der Waals surface area (Å²) in [5, 5.41) is 30.4. The van der Waals surface area contributed by atoms with Gasteiger partial charge in [0.1, 0.15) is 0 Å². The third-order valence-electron chi connectivity index (χ3n) is 2.91. The summed E-state index contributed by atoms with van der Waals surface area (Å²) in [7, 11) is -4.35. The van der Waals surface area contributed by atoms with Crippen molar-refractivity contribution in [3.8, 4) is 6.07 Å². The molecule has 2 aromatic carbocycles. The second kappa shape index (κ2) is 6.31. The van der Waals surface area contributed by atoms with Crippen LogP contribution >= 0.6 is 0 Å². The van der Waals surface area contributed by atoms with Crippen molar-refractivity contribution in [2.45, 2.75) is 4.90 Å². The first-order valence-corrected chi connectivity index (χ1v) is 7.69. The number of hydrogen-bond acceptors (Lipinski definition) is 7. The van der Waals surface area contributed by atoms with Gasteiger partial charge < -0.3 is 0 Å². The summed E-state index contributed by atoms with van der Waals surface area (Å²) < 4.78 is 26.7. The van der Waals surface area contributed by atoms with Crippen LogP contribution in [0.15, 0.2) is 47.4 Å². The van der Waals surface area contributed by atoms with Gasteiger partial charge in [0.05, 0.1) is 27.5 Å². The summed E-state index contributed by atoms with van der Waals surface area (Å²) >= 11 is 0. The maximum Gasteiger partial charge on any atom is 0.296 e. The van der Waals surface area contributed by atoms with Gasteiger partial charge in [-0.1, -0.05) is 0 Å². The average molecular weight is 348 g/mol. The molecule has 11 heteroatoms. The van der Waals surface area contributed by atoms with Gasteiger partial charge in [0.25, 0.3) is 21.4 Å². The molecule has 122 valence electrons. The molecular weight excluding hydrogens is 340 g/mol. The molecule has 2 rings (SSSR count). The van der Waals surface area contributed by atoms with Gasteiger partial charge >= 0.3 is 0 Å². The molecule has 2 aromatic rings. The Hall–Kier alpha value is -3.52. The molecular formula is C13H8N4O6S. The molecule has 0 atom stereocenters. The Morgan fingerprint density at radius 3 is 2.12 bits per heavy atom. The normalized spacial score (nSPS) is 10.6. The minimum Gasteiger partial charge on any atom is -0.279 e. The van der Waals surface area contributed by atoms with Crippen LogP contribution in [0.5, 0.6) is 0 Å². The van der Waals surface area contributed by atoms with E-state index in [1.807, 2.05) is 6.07 Å². The van der Waals surface area contributed by atoms with Gasteiger partial charge in [-0.3, -0.25) is 25.0 Å². The highest BCUT2D eigenvalue weighted by Crippen LogP contribution is 2.29. The van der Waals surface area contributed by atoms with E-state index in [0.29, 0.717) is 11.6 Å². The van der Waals surface area contributed by atoms with E-state index in [-0.39, 0.29) is 5.69 Å². The van der Waals surface area contributed by atoms with Gasteiger partial charge in [-0.15, -0.1) is 0 Å². The number of rotatable bonds is 5. The van der Waals surface area contributed by atoms with Gasteiger partial charge in [0.2, 0.25) is 0 Å². The van der Waals surface area contributed by atoms with Crippen LogP contribution in [0.25, 0.3) is 0 Å². The molecule has 0 unspecified atom stereocenters. The lowest BCUT2D eigenvalue weighted by Gasteiger charge is -2.08. The number of nitrogens with zero attached hydrogens (tertiary/aromatic N) is 3. The Balaban J connectivity index is 2.46. The van der Waals surface area contributed by atoms with Crippen molar-refractivity contribution in [1.82, 2.24) is 0 Å². The van der Waals surface area contributed by atoms with Crippen LogP contribution in [-0.4, -0.2) is 18.3 Å². The Kier molecular flexibility index (Phi) is 4.43. The number of nitrogens with one attached hydrogen (secondary N) is 1. The Bertz CT molecular complexity index is 963. The molecule has 1 N–H and O–H groups in total. The zero-order valence-electron chi connectivity index (χ0n) is 11.7. The molecule has 0 spiro atoms. The predicted octanol–water partition coefficient (Wildman–Crippen LogP) is 2.18. The standard InChI is InChI=1S/C13H8N4O6S/c14-8-9-1-3-10(4-2-9)15-24(22,23)13-6-5-11(16(18)19)7-12(13)17(20)21/h1-7,15H. The molecule has 0 saturated heterocycles. The first-order valence-electron chi connectivity index (χ1n) is 6.20. The van der Waals surface area contributed by atoms with E-state index in [2.05, 4.69) is 4.72 Å². The predicted molar refractivity (Wildman–Crippen MR) is 81.7 cm³/mol. The fourth-order valence-electron chi connectivity index (χ4n) is 1.81. The van der Waals surface area contributed by atoms with Crippen molar-refractivity contribution in [2.24, 2.45) is 0 Å². The monoisotopic (exact) mass is 348 g/mol. The quantitative estimate of drug-likeness (QED) is 0.640. The van der Waals surface area contributed by atoms with E-state index in [1.165, 1.54) is 24.3 Å². The zero-order valence-corrected chi connectivity index (χ0v) is 12.6. The van der Waals surface area contributed by atoms with E-state index in [4.69, 9.17) is 5.26 Å². The van der Waals surface area contributed by atoms with Crippen LogP contribution in [0.1, 0.15) is 5.56 Å². The van der Waals surface area contributed by atoms with E-state index in [1.54, 1.807) is 0 Å². The van der Waals surface area contributed by atoms with Gasteiger partial charge in [-0.25, -0.2) is 8.42 Å². The lowest BCUT2D eigenvalue weighted by Crippen LogP contribution is -2.15. The molecule has 0 aliphatic rings. The molecule has 0 fully saturated rings. The van der Waals surface area contributed by atoms with Gasteiger partial charge in [-0.2, -0.15) is 5.26 Å². The fourth-order valence-corrected chi connectivity index (χ4v) is 3.02. The molecule has 0 aliphatic heterocycles. The maximum absolute atomic E-state index is 12.3. The average Bonchev–Trinajstić information content (AvgIpc) is 2.54. The molecule has 0 radical (unpaired) electrons. The Morgan fingerprint density at radius 2 is 1.62 bits per heavy atom. The van der Waals surface area contributed by atoms with Crippen molar-refractivity contribution in [3.05, 3.63) is 68.3 Å². The van der Waals surface area contributed by atoms with Crippen molar-refractivity contribution in [2.75, 3.05) is 4.72 Å². The lowest BCUT2D eigenvalue weighted by atomic mass is 10.2. The second-order valence-electron chi connectivity index (χ2n) is 4.46. The number of nitriles is 1. The van der Waals surface area contributed by atoms with E-state index in [9.17, 15) is 28.6 Å². The maximum atomic E-state index is 12.3. The number of benzene rings is 2. The Morgan fingerprint density at radius 1 is 1.00 bits per heavy atom. The van der Waals surface area contributed by atoms with Crippen LogP contribution in [0.2, 0.25) is 0 Å². The number of anilines is 1. The van der Waals surface area contributed by atoms with Crippen LogP contribution in [-0.2, 0) is 10.0 Å². The molecule has 0 aromatic heterocycles. The van der Waals surface area contributed by atoms with Crippen molar-refractivity contribution in [1.29, 1.82) is 5.26 Å². The first kappa shape index (κ1) is 16.8. The Labute approximate surface area is 135 Å². The van der Waals surface area contributed by atoms with Gasteiger partial charge in [0.15, 0.2) is 4.90 Å². The molecule has 0 bridgehead atoms. The molecule has 0 heterocycles. The number of sulfonamides is 1. The third-order valence-corrected chi connectivity index (χ3v) is 4.33. The highest BCUT2D eigenvalue weighted by molar-refractivity contribution is 7.92. The van der Waals surface area contributed by atoms with Crippen LogP contribution < -0.4 is 4.72 Å². The number of nitro benzene ring substituents is 2. The van der Waals surface area contributed by atoms with Crippen LogP contribution in [0.4, 0.5) is 17.1 Å². The second-order valence-corrected chi connectivity index (χ2v) is 6.11. The van der Waals surface area contributed by atoms with Crippen LogP contribution in [0, 0.1) is 31.6 Å². The van der Waals surface area contributed by atoms with Crippen molar-refractivity contribution in [3.63, 3.8) is 0 Å².